The number of ether oxygens (including phenoxy) is 1. The van der Waals surface area contributed by atoms with Crippen molar-refractivity contribution in [3.8, 4) is 0 Å². The molecule has 0 unspecified atom stereocenters. The topological polar surface area (TPSA) is 127 Å². The highest BCUT2D eigenvalue weighted by Gasteiger charge is 2.75. The maximum absolute atomic E-state index is 17.1. The highest BCUT2D eigenvalue weighted by atomic mass is 19.1. The molecule has 4 aliphatic carbocycles. The summed E-state index contributed by atoms with van der Waals surface area (Å²) in [4.78, 5) is 37.2. The number of nitrogens with two attached hydrogens (primary N) is 1. The number of ketones is 2. The number of fused-ring (bicyclic) bond motifs is 5. The van der Waals surface area contributed by atoms with Crippen LogP contribution in [-0.4, -0.2) is 58.3 Å². The summed E-state index contributed by atoms with van der Waals surface area (Å²) in [7, 11) is 0. The Morgan fingerprint density at radius 2 is 2.00 bits per heavy atom. The second-order valence-electron chi connectivity index (χ2n) is 11.1. The van der Waals surface area contributed by atoms with Crippen molar-refractivity contribution in [1.82, 2.24) is 0 Å². The van der Waals surface area contributed by atoms with Gasteiger partial charge in [-0.2, -0.15) is 0 Å². The van der Waals surface area contributed by atoms with Crippen molar-refractivity contribution >= 4 is 17.5 Å². The Morgan fingerprint density at radius 3 is 2.68 bits per heavy atom. The quantitative estimate of drug-likeness (QED) is 0.501. The predicted octanol–water partition coefficient (Wildman–Crippen LogP) is 2.19. The second kappa shape index (κ2) is 8.35. The molecule has 4 rings (SSSR count). The van der Waals surface area contributed by atoms with E-state index in [1.54, 1.807) is 26.8 Å². The Hall–Kier alpha value is -1.90. The number of carbonyl (C=O) groups is 3. The molecule has 3 saturated carbocycles. The van der Waals surface area contributed by atoms with Gasteiger partial charge in [0.1, 0.15) is 5.60 Å². The van der Waals surface area contributed by atoms with Gasteiger partial charge in [-0.05, 0) is 69.6 Å². The number of aliphatic hydroxyl groups is 2. The monoisotopic (exact) mass is 477 g/mol. The molecule has 0 amide bonds. The van der Waals surface area contributed by atoms with Gasteiger partial charge in [0.25, 0.3) is 0 Å². The van der Waals surface area contributed by atoms with Gasteiger partial charge in [-0.1, -0.05) is 25.5 Å². The maximum atomic E-state index is 17.1. The summed E-state index contributed by atoms with van der Waals surface area (Å²) in [5.74, 6) is -2.81. The Bertz CT molecular complexity index is 963. The molecule has 0 radical (unpaired) electrons. The molecule has 0 aromatic heterocycles. The summed E-state index contributed by atoms with van der Waals surface area (Å²) in [6.45, 7) is 5.01. The number of hydrogen-bond donors (Lipinski definition) is 3. The van der Waals surface area contributed by atoms with E-state index in [4.69, 9.17) is 10.5 Å². The van der Waals surface area contributed by atoms with Crippen LogP contribution in [0.25, 0.3) is 0 Å². The van der Waals surface area contributed by atoms with Crippen molar-refractivity contribution < 1.29 is 33.7 Å². The maximum Gasteiger partial charge on any atom is 0.306 e. The van der Waals surface area contributed by atoms with Gasteiger partial charge >= 0.3 is 5.97 Å². The third kappa shape index (κ3) is 3.21. The summed E-state index contributed by atoms with van der Waals surface area (Å²) in [5.41, 5.74) is -0.0103. The van der Waals surface area contributed by atoms with Crippen LogP contribution in [0.5, 0.6) is 0 Å². The molecular formula is C26H36FNO6. The van der Waals surface area contributed by atoms with Gasteiger partial charge in [-0.25, -0.2) is 4.39 Å². The van der Waals surface area contributed by atoms with Crippen molar-refractivity contribution in [2.75, 3.05) is 13.2 Å². The molecule has 0 aliphatic heterocycles. The summed E-state index contributed by atoms with van der Waals surface area (Å²) < 4.78 is 22.2. The Balaban J connectivity index is 1.65. The lowest BCUT2D eigenvalue weighted by Crippen LogP contribution is -2.69. The molecule has 0 bridgehead atoms. The van der Waals surface area contributed by atoms with Crippen LogP contribution in [0.3, 0.4) is 0 Å². The van der Waals surface area contributed by atoms with E-state index >= 15 is 4.39 Å². The number of esters is 1. The first-order valence-electron chi connectivity index (χ1n) is 12.3. The fourth-order valence-corrected chi connectivity index (χ4v) is 7.72. The highest BCUT2D eigenvalue weighted by Crippen LogP contribution is 2.70. The van der Waals surface area contributed by atoms with E-state index in [1.807, 2.05) is 0 Å². The molecule has 0 aromatic rings. The van der Waals surface area contributed by atoms with Gasteiger partial charge in [0, 0.05) is 23.2 Å². The van der Waals surface area contributed by atoms with E-state index in [9.17, 15) is 24.6 Å². The second-order valence-corrected chi connectivity index (χ2v) is 11.1. The number of alkyl halides is 1. The molecule has 34 heavy (non-hydrogen) atoms. The summed E-state index contributed by atoms with van der Waals surface area (Å²) in [5, 5.41) is 23.2. The lowest BCUT2D eigenvalue weighted by Gasteiger charge is -2.62. The van der Waals surface area contributed by atoms with Crippen molar-refractivity contribution in [3.63, 3.8) is 0 Å². The van der Waals surface area contributed by atoms with Crippen molar-refractivity contribution in [3.05, 3.63) is 23.8 Å². The first kappa shape index (κ1) is 25.2. The molecule has 0 heterocycles. The van der Waals surface area contributed by atoms with Gasteiger partial charge in [0.05, 0.1) is 6.10 Å². The standard InChI is InChI=1S/C26H36FNO6/c1-15-11-19-18-7-6-16-12-17(29)8-9-23(16,2)25(18,27)20(30)13-24(19,3)26(15,33)21(31)14-34-22(32)5-4-10-28/h8-9,12,15,18-20,30,33H,4-7,10-11,13-14,28H2,1-3H3/t15-,18-,19-,20-,23-,24-,25-,26-/m0/s1. The van der Waals surface area contributed by atoms with E-state index in [0.29, 0.717) is 37.8 Å². The molecule has 8 heteroatoms. The summed E-state index contributed by atoms with van der Waals surface area (Å²) in [6, 6.07) is 0. The SMILES string of the molecule is C[C@H]1C[C@H]2[C@@H]3CCC4=CC(=O)C=C[C@]4(C)[C@@]3(F)[C@@H](O)C[C@]2(C)[C@@]1(O)C(=O)COC(=O)CCCN. The largest absolute Gasteiger partial charge is 0.458 e. The highest BCUT2D eigenvalue weighted by molar-refractivity contribution is 6.01. The molecule has 4 N–H and O–H groups in total. The van der Waals surface area contributed by atoms with Gasteiger partial charge in [0.15, 0.2) is 18.1 Å². The first-order chi connectivity index (χ1) is 15.9. The minimum atomic E-state index is -2.03. The number of halogens is 1. The van der Waals surface area contributed by atoms with Crippen LogP contribution in [0, 0.1) is 28.6 Å². The zero-order chi connectivity index (χ0) is 25.1. The Labute approximate surface area is 199 Å². The average molecular weight is 478 g/mol. The lowest BCUT2D eigenvalue weighted by molar-refractivity contribution is -0.220. The van der Waals surface area contributed by atoms with Crippen molar-refractivity contribution in [2.45, 2.75) is 76.7 Å². The Kier molecular flexibility index (Phi) is 6.19. The molecule has 3 fully saturated rings. The van der Waals surface area contributed by atoms with Gasteiger partial charge in [0.2, 0.25) is 5.78 Å². The minimum absolute atomic E-state index is 0.0905. The van der Waals surface area contributed by atoms with Crippen molar-refractivity contribution in [1.29, 1.82) is 0 Å². The smallest absolute Gasteiger partial charge is 0.306 e. The minimum Gasteiger partial charge on any atom is -0.458 e. The predicted molar refractivity (Wildman–Crippen MR) is 122 cm³/mol. The van der Waals surface area contributed by atoms with Crippen LogP contribution < -0.4 is 5.73 Å². The lowest BCUT2D eigenvalue weighted by atomic mass is 9.44. The van der Waals surface area contributed by atoms with E-state index in [0.717, 1.165) is 0 Å². The molecule has 4 aliphatic rings. The van der Waals surface area contributed by atoms with Crippen LogP contribution >= 0.6 is 0 Å². The molecule has 0 spiro atoms. The zero-order valence-corrected chi connectivity index (χ0v) is 20.2. The number of allylic oxidation sites excluding steroid dienone is 4. The Morgan fingerprint density at radius 1 is 1.29 bits per heavy atom. The number of rotatable bonds is 6. The third-order valence-electron chi connectivity index (χ3n) is 9.60. The number of Topliss-reactive ketones (excluding diaryl/α,β-unsaturated/α-hetero) is 1. The van der Waals surface area contributed by atoms with E-state index in [1.165, 1.54) is 12.2 Å². The van der Waals surface area contributed by atoms with E-state index in [2.05, 4.69) is 0 Å². The van der Waals surface area contributed by atoms with E-state index < -0.39 is 58.4 Å². The molecule has 188 valence electrons. The van der Waals surface area contributed by atoms with Crippen LogP contribution in [0.2, 0.25) is 0 Å². The fraction of sp³-hybridized carbons (Fsp3) is 0.731. The van der Waals surface area contributed by atoms with Crippen LogP contribution in [0.15, 0.2) is 23.8 Å². The normalized spacial score (nSPS) is 45.1. The van der Waals surface area contributed by atoms with Gasteiger partial charge in [-0.3, -0.25) is 14.4 Å². The average Bonchev–Trinajstić information content (AvgIpc) is 2.99. The number of carbonyl (C=O) groups excluding carboxylic acids is 3. The third-order valence-corrected chi connectivity index (χ3v) is 9.60. The van der Waals surface area contributed by atoms with Crippen molar-refractivity contribution in [2.24, 2.45) is 34.3 Å². The summed E-state index contributed by atoms with van der Waals surface area (Å²) in [6.07, 6.45) is 4.76. The molecule has 0 saturated heterocycles. The number of aliphatic hydroxyl groups excluding tert-OH is 1. The van der Waals surface area contributed by atoms with Crippen LogP contribution in [0.1, 0.15) is 59.3 Å². The molecule has 8 atom stereocenters. The van der Waals surface area contributed by atoms with Gasteiger partial charge < -0.3 is 20.7 Å². The van der Waals surface area contributed by atoms with Crippen LogP contribution in [-0.2, 0) is 19.1 Å². The van der Waals surface area contributed by atoms with Crippen LogP contribution in [0.4, 0.5) is 4.39 Å². The first-order valence-corrected chi connectivity index (χ1v) is 12.3. The van der Waals surface area contributed by atoms with E-state index in [-0.39, 0.29) is 24.5 Å². The summed E-state index contributed by atoms with van der Waals surface area (Å²) >= 11 is 0. The molecular weight excluding hydrogens is 441 g/mol. The number of hydrogen-bond acceptors (Lipinski definition) is 7. The zero-order valence-electron chi connectivity index (χ0n) is 20.2. The molecule has 7 nitrogen and oxygen atoms in total. The molecule has 0 aromatic carbocycles. The van der Waals surface area contributed by atoms with Gasteiger partial charge in [-0.15, -0.1) is 0 Å². The fourth-order valence-electron chi connectivity index (χ4n) is 7.72.